The molecule has 7 heteroatoms. The summed E-state index contributed by atoms with van der Waals surface area (Å²) in [5, 5.41) is 8.00. The van der Waals surface area contributed by atoms with Gasteiger partial charge in [-0.25, -0.2) is 4.52 Å². The zero-order chi connectivity index (χ0) is 20.2. The molecule has 1 saturated heterocycles. The number of carbonyl (C=O) groups is 1. The molecule has 1 aliphatic heterocycles. The van der Waals surface area contributed by atoms with E-state index >= 15 is 0 Å². The lowest BCUT2D eigenvalue weighted by Crippen LogP contribution is -2.44. The van der Waals surface area contributed by atoms with E-state index in [1.54, 1.807) is 32.4 Å². The summed E-state index contributed by atoms with van der Waals surface area (Å²) < 4.78 is 12.5. The molecule has 1 amide bonds. The van der Waals surface area contributed by atoms with Gasteiger partial charge in [-0.05, 0) is 43.2 Å². The summed E-state index contributed by atoms with van der Waals surface area (Å²) in [4.78, 5) is 14.8. The molecule has 152 valence electrons. The van der Waals surface area contributed by atoms with Crippen LogP contribution in [0.15, 0.2) is 48.8 Å². The van der Waals surface area contributed by atoms with Crippen molar-refractivity contribution < 1.29 is 14.3 Å². The molecule has 3 heterocycles. The van der Waals surface area contributed by atoms with Gasteiger partial charge in [-0.1, -0.05) is 6.07 Å². The minimum absolute atomic E-state index is 0.0343. The highest BCUT2D eigenvalue weighted by molar-refractivity contribution is 5.95. The maximum atomic E-state index is 12.9. The van der Waals surface area contributed by atoms with Crippen LogP contribution in [0.2, 0.25) is 0 Å². The van der Waals surface area contributed by atoms with Crippen LogP contribution < -0.4 is 14.8 Å². The number of likely N-dealkylation sites (tertiary alicyclic amines) is 1. The Morgan fingerprint density at radius 2 is 1.93 bits per heavy atom. The standard InChI is InChI=1S/C22H26N4O3/c1-28-20-7-6-16(13-21(20)29-2)22(27)25-11-8-18(9-12-25)23-14-17-15-24-26-10-4-3-5-19(17)26/h3-7,10,13,15,18,23H,8-9,11-12,14H2,1-2H3. The summed E-state index contributed by atoms with van der Waals surface area (Å²) in [7, 11) is 3.16. The monoisotopic (exact) mass is 394 g/mol. The highest BCUT2D eigenvalue weighted by Crippen LogP contribution is 2.28. The maximum absolute atomic E-state index is 12.9. The number of rotatable bonds is 6. The molecule has 29 heavy (non-hydrogen) atoms. The second kappa shape index (κ2) is 8.53. The van der Waals surface area contributed by atoms with Crippen molar-refractivity contribution in [2.45, 2.75) is 25.4 Å². The number of fused-ring (bicyclic) bond motifs is 1. The molecule has 0 saturated carbocycles. The Morgan fingerprint density at radius 3 is 2.69 bits per heavy atom. The molecule has 7 nitrogen and oxygen atoms in total. The van der Waals surface area contributed by atoms with E-state index in [9.17, 15) is 4.79 Å². The Morgan fingerprint density at radius 1 is 1.14 bits per heavy atom. The van der Waals surface area contributed by atoms with Crippen molar-refractivity contribution in [3.05, 3.63) is 59.9 Å². The third kappa shape index (κ3) is 4.05. The molecule has 1 aliphatic rings. The number of aromatic nitrogens is 2. The van der Waals surface area contributed by atoms with Gasteiger partial charge in [0.05, 0.1) is 25.9 Å². The molecular formula is C22H26N4O3. The molecular weight excluding hydrogens is 368 g/mol. The highest BCUT2D eigenvalue weighted by Gasteiger charge is 2.24. The number of benzene rings is 1. The molecule has 3 aromatic rings. The smallest absolute Gasteiger partial charge is 0.253 e. The zero-order valence-electron chi connectivity index (χ0n) is 16.8. The molecule has 0 aliphatic carbocycles. The van der Waals surface area contributed by atoms with E-state index in [4.69, 9.17) is 9.47 Å². The Hall–Kier alpha value is -3.06. The van der Waals surface area contributed by atoms with Crippen molar-refractivity contribution in [3.63, 3.8) is 0 Å². The fraction of sp³-hybridized carbons (Fsp3) is 0.364. The Kier molecular flexibility index (Phi) is 5.67. The lowest BCUT2D eigenvalue weighted by Gasteiger charge is -2.32. The first-order valence-electron chi connectivity index (χ1n) is 9.85. The molecule has 0 radical (unpaired) electrons. The fourth-order valence-corrected chi connectivity index (χ4v) is 3.82. The Labute approximate surface area is 170 Å². The molecule has 1 N–H and O–H groups in total. The third-order valence-electron chi connectivity index (χ3n) is 5.50. The van der Waals surface area contributed by atoms with Crippen LogP contribution in [-0.2, 0) is 6.54 Å². The molecule has 1 fully saturated rings. The quantitative estimate of drug-likeness (QED) is 0.696. The minimum Gasteiger partial charge on any atom is -0.493 e. The Balaban J connectivity index is 1.32. The molecule has 0 bridgehead atoms. The van der Waals surface area contributed by atoms with Gasteiger partial charge in [-0.2, -0.15) is 5.10 Å². The predicted molar refractivity (Wildman–Crippen MR) is 111 cm³/mol. The average Bonchev–Trinajstić information content (AvgIpc) is 3.20. The van der Waals surface area contributed by atoms with Crippen LogP contribution in [-0.4, -0.2) is 53.8 Å². The van der Waals surface area contributed by atoms with Crippen molar-refractivity contribution in [1.29, 1.82) is 0 Å². The van der Waals surface area contributed by atoms with Gasteiger partial charge in [-0.15, -0.1) is 0 Å². The summed E-state index contributed by atoms with van der Waals surface area (Å²) in [5.74, 6) is 1.23. The van der Waals surface area contributed by atoms with Crippen LogP contribution in [0.1, 0.15) is 28.8 Å². The van der Waals surface area contributed by atoms with Crippen LogP contribution in [0.3, 0.4) is 0 Å². The Bertz CT molecular complexity index is 993. The van der Waals surface area contributed by atoms with Crippen molar-refractivity contribution in [2.75, 3.05) is 27.3 Å². The van der Waals surface area contributed by atoms with Crippen molar-refractivity contribution in [1.82, 2.24) is 19.8 Å². The molecule has 2 aromatic heterocycles. The van der Waals surface area contributed by atoms with Crippen LogP contribution in [0.5, 0.6) is 11.5 Å². The lowest BCUT2D eigenvalue weighted by molar-refractivity contribution is 0.0704. The lowest BCUT2D eigenvalue weighted by atomic mass is 10.0. The van der Waals surface area contributed by atoms with Crippen LogP contribution in [0.4, 0.5) is 0 Å². The number of carbonyl (C=O) groups excluding carboxylic acids is 1. The van der Waals surface area contributed by atoms with Gasteiger partial charge in [0.15, 0.2) is 11.5 Å². The predicted octanol–water partition coefficient (Wildman–Crippen LogP) is 2.75. The SMILES string of the molecule is COc1ccc(C(=O)N2CCC(NCc3cnn4ccccc34)CC2)cc1OC. The molecule has 0 unspecified atom stereocenters. The van der Waals surface area contributed by atoms with E-state index in [2.05, 4.69) is 16.5 Å². The van der Waals surface area contributed by atoms with Gasteiger partial charge >= 0.3 is 0 Å². The molecule has 1 aromatic carbocycles. The number of methoxy groups -OCH3 is 2. The van der Waals surface area contributed by atoms with Gasteiger partial charge in [-0.3, -0.25) is 4.79 Å². The van der Waals surface area contributed by atoms with E-state index in [1.807, 2.05) is 33.9 Å². The normalized spacial score (nSPS) is 14.9. The van der Waals surface area contributed by atoms with Gasteiger partial charge in [0, 0.05) is 43.0 Å². The number of nitrogens with zero attached hydrogens (tertiary/aromatic N) is 3. The van der Waals surface area contributed by atoms with Crippen molar-refractivity contribution >= 4 is 11.4 Å². The van der Waals surface area contributed by atoms with E-state index in [0.717, 1.165) is 38.0 Å². The highest BCUT2D eigenvalue weighted by atomic mass is 16.5. The number of hydrogen-bond donors (Lipinski definition) is 1. The number of nitrogens with one attached hydrogen (secondary N) is 1. The van der Waals surface area contributed by atoms with Crippen LogP contribution in [0, 0.1) is 0 Å². The maximum Gasteiger partial charge on any atom is 0.253 e. The van der Waals surface area contributed by atoms with E-state index in [1.165, 1.54) is 5.56 Å². The first-order chi connectivity index (χ1) is 14.2. The summed E-state index contributed by atoms with van der Waals surface area (Å²) in [6, 6.07) is 11.8. The van der Waals surface area contributed by atoms with E-state index < -0.39 is 0 Å². The minimum atomic E-state index is 0.0343. The number of amides is 1. The van der Waals surface area contributed by atoms with Crippen LogP contribution >= 0.6 is 0 Å². The molecule has 4 rings (SSSR count). The second-order valence-corrected chi connectivity index (χ2v) is 7.22. The first-order valence-corrected chi connectivity index (χ1v) is 9.85. The zero-order valence-corrected chi connectivity index (χ0v) is 16.8. The van der Waals surface area contributed by atoms with Gasteiger partial charge < -0.3 is 19.7 Å². The van der Waals surface area contributed by atoms with Crippen molar-refractivity contribution in [3.8, 4) is 11.5 Å². The summed E-state index contributed by atoms with van der Waals surface area (Å²) in [6.45, 7) is 2.25. The van der Waals surface area contributed by atoms with Crippen molar-refractivity contribution in [2.24, 2.45) is 0 Å². The largest absolute Gasteiger partial charge is 0.493 e. The average molecular weight is 394 g/mol. The second-order valence-electron chi connectivity index (χ2n) is 7.22. The summed E-state index contributed by atoms with van der Waals surface area (Å²) >= 11 is 0. The molecule has 0 spiro atoms. The summed E-state index contributed by atoms with van der Waals surface area (Å²) in [6.07, 6.45) is 5.73. The fourth-order valence-electron chi connectivity index (χ4n) is 3.82. The van der Waals surface area contributed by atoms with E-state index in [0.29, 0.717) is 23.1 Å². The number of hydrogen-bond acceptors (Lipinski definition) is 5. The van der Waals surface area contributed by atoms with Gasteiger partial charge in [0.25, 0.3) is 5.91 Å². The summed E-state index contributed by atoms with van der Waals surface area (Å²) in [5.41, 5.74) is 2.94. The number of ether oxygens (including phenoxy) is 2. The first kappa shape index (κ1) is 19.3. The van der Waals surface area contributed by atoms with Gasteiger partial charge in [0.1, 0.15) is 0 Å². The number of pyridine rings is 1. The molecule has 0 atom stereocenters. The number of piperidine rings is 1. The van der Waals surface area contributed by atoms with E-state index in [-0.39, 0.29) is 5.91 Å². The topological polar surface area (TPSA) is 68.1 Å². The van der Waals surface area contributed by atoms with Gasteiger partial charge in [0.2, 0.25) is 0 Å². The van der Waals surface area contributed by atoms with Crippen LogP contribution in [0.25, 0.3) is 5.52 Å². The third-order valence-corrected chi connectivity index (χ3v) is 5.50.